The highest BCUT2D eigenvalue weighted by molar-refractivity contribution is 8.00. The number of thioether (sulfide) groups is 1. The molecule has 5 heteroatoms. The molecule has 92 valence electrons. The lowest BCUT2D eigenvalue weighted by molar-refractivity contribution is -0.176. The molecule has 0 spiro atoms. The van der Waals surface area contributed by atoms with Gasteiger partial charge in [-0.1, -0.05) is 36.0 Å². The van der Waals surface area contributed by atoms with Crippen molar-refractivity contribution in [1.29, 1.82) is 0 Å². The first kappa shape index (κ1) is 11.4. The second kappa shape index (κ2) is 3.40. The molecule has 17 heavy (non-hydrogen) atoms. The van der Waals surface area contributed by atoms with Crippen LogP contribution in [0.2, 0.25) is 0 Å². The van der Waals surface area contributed by atoms with E-state index in [2.05, 4.69) is 0 Å². The summed E-state index contributed by atoms with van der Waals surface area (Å²) in [6.45, 7) is 0. The number of rotatable bonds is 0. The van der Waals surface area contributed by atoms with Gasteiger partial charge in [0.05, 0.1) is 0 Å². The third kappa shape index (κ3) is 1.44. The molecule has 0 nitrogen and oxygen atoms in total. The Morgan fingerprint density at radius 3 is 2.59 bits per heavy atom. The molecule has 1 saturated heterocycles. The van der Waals surface area contributed by atoms with Gasteiger partial charge < -0.3 is 0 Å². The van der Waals surface area contributed by atoms with Gasteiger partial charge in [-0.05, 0) is 24.0 Å². The van der Waals surface area contributed by atoms with Crippen LogP contribution in [0.25, 0.3) is 0 Å². The van der Waals surface area contributed by atoms with E-state index in [-0.39, 0.29) is 18.2 Å². The van der Waals surface area contributed by atoms with Crippen LogP contribution >= 0.6 is 11.8 Å². The Morgan fingerprint density at radius 2 is 1.82 bits per heavy atom. The van der Waals surface area contributed by atoms with Crippen molar-refractivity contribution < 1.29 is 17.6 Å². The molecule has 0 N–H and O–H groups in total. The molecule has 0 saturated carbocycles. The second-order valence-electron chi connectivity index (χ2n) is 4.52. The minimum atomic E-state index is -3.94. The Hall–Kier alpha value is -0.710. The number of halogens is 4. The monoisotopic (exact) mass is 262 g/mol. The molecule has 1 aliphatic heterocycles. The molecule has 1 aromatic rings. The Bertz CT molecular complexity index is 458. The molecule has 1 fully saturated rings. The summed E-state index contributed by atoms with van der Waals surface area (Å²) in [6, 6.07) is 7.06. The van der Waals surface area contributed by atoms with Crippen LogP contribution in [-0.4, -0.2) is 11.2 Å². The maximum absolute atomic E-state index is 13.6. The molecule has 2 aliphatic rings. The Morgan fingerprint density at radius 1 is 1.12 bits per heavy atom. The van der Waals surface area contributed by atoms with Gasteiger partial charge in [-0.15, -0.1) is 0 Å². The molecule has 0 amide bonds. The third-order valence-corrected chi connectivity index (χ3v) is 4.99. The summed E-state index contributed by atoms with van der Waals surface area (Å²) in [5.74, 6) is -5.13. The highest BCUT2D eigenvalue weighted by Gasteiger charge is 2.70. The van der Waals surface area contributed by atoms with E-state index < -0.39 is 22.3 Å². The zero-order chi connectivity index (χ0) is 12.3. The fourth-order valence-electron chi connectivity index (χ4n) is 2.69. The summed E-state index contributed by atoms with van der Waals surface area (Å²) in [7, 11) is 0. The average molecular weight is 262 g/mol. The van der Waals surface area contributed by atoms with E-state index in [1.54, 1.807) is 12.1 Å². The van der Waals surface area contributed by atoms with Gasteiger partial charge >= 0.3 is 11.2 Å². The predicted octanol–water partition coefficient (Wildman–Crippen LogP) is 4.27. The highest BCUT2D eigenvalue weighted by Crippen LogP contribution is 2.66. The fraction of sp³-hybridized carbons (Fsp3) is 0.500. The van der Waals surface area contributed by atoms with Gasteiger partial charge in [-0.3, -0.25) is 0 Å². The molecule has 0 aromatic heterocycles. The Kier molecular flexibility index (Phi) is 2.28. The van der Waals surface area contributed by atoms with Crippen molar-refractivity contribution in [2.24, 2.45) is 5.92 Å². The minimum Gasteiger partial charge on any atom is -0.198 e. The molecule has 0 unspecified atom stereocenters. The molecule has 1 aliphatic carbocycles. The van der Waals surface area contributed by atoms with Crippen LogP contribution in [0, 0.1) is 5.92 Å². The van der Waals surface area contributed by atoms with Crippen molar-refractivity contribution >= 4 is 11.8 Å². The van der Waals surface area contributed by atoms with Crippen molar-refractivity contribution in [3.63, 3.8) is 0 Å². The van der Waals surface area contributed by atoms with Crippen molar-refractivity contribution in [2.45, 2.75) is 29.3 Å². The van der Waals surface area contributed by atoms with E-state index in [0.29, 0.717) is 12.0 Å². The van der Waals surface area contributed by atoms with Crippen molar-refractivity contribution in [3.8, 4) is 0 Å². The number of benzene rings is 1. The molecule has 1 heterocycles. The fourth-order valence-corrected chi connectivity index (χ4v) is 4.15. The highest BCUT2D eigenvalue weighted by atomic mass is 32.2. The van der Waals surface area contributed by atoms with Crippen LogP contribution in [-0.2, 0) is 6.42 Å². The van der Waals surface area contributed by atoms with Gasteiger partial charge in [0.2, 0.25) is 0 Å². The summed E-state index contributed by atoms with van der Waals surface area (Å²) in [4.78, 5) is 0. The zero-order valence-electron chi connectivity index (χ0n) is 8.80. The van der Waals surface area contributed by atoms with E-state index >= 15 is 0 Å². The normalized spacial score (nSPS) is 32.9. The lowest BCUT2D eigenvalue weighted by atomic mass is 9.80. The van der Waals surface area contributed by atoms with E-state index in [4.69, 9.17) is 0 Å². The molecule has 1 aromatic carbocycles. The van der Waals surface area contributed by atoms with E-state index in [0.717, 1.165) is 5.56 Å². The van der Waals surface area contributed by atoms with Crippen molar-refractivity contribution in [3.05, 3.63) is 35.4 Å². The molecule has 0 bridgehead atoms. The van der Waals surface area contributed by atoms with Gasteiger partial charge in [0.15, 0.2) is 0 Å². The molecule has 2 atom stereocenters. The smallest absolute Gasteiger partial charge is 0.198 e. The van der Waals surface area contributed by atoms with Gasteiger partial charge in [-0.2, -0.15) is 17.6 Å². The summed E-state index contributed by atoms with van der Waals surface area (Å²) >= 11 is 0.118. The molecular weight excluding hydrogens is 252 g/mol. The molecule has 0 radical (unpaired) electrons. The quantitative estimate of drug-likeness (QED) is 0.629. The van der Waals surface area contributed by atoms with Gasteiger partial charge in [0, 0.05) is 11.2 Å². The maximum atomic E-state index is 13.6. The van der Waals surface area contributed by atoms with Crippen LogP contribution in [0.5, 0.6) is 0 Å². The van der Waals surface area contributed by atoms with Crippen LogP contribution in [0.1, 0.15) is 22.8 Å². The SMILES string of the molecule is FC1(F)S[C@H]2c3ccccc3CC[C@H]2C1(F)F. The largest absolute Gasteiger partial charge is 0.357 e. The number of hydrogen-bond acceptors (Lipinski definition) is 1. The maximum Gasteiger partial charge on any atom is 0.357 e. The predicted molar refractivity (Wildman–Crippen MR) is 58.5 cm³/mol. The van der Waals surface area contributed by atoms with E-state index in [1.165, 1.54) is 0 Å². The standard InChI is InChI=1S/C12H10F4S/c13-11(14)9-6-5-7-3-1-2-4-8(7)10(9)17-12(11,15)16/h1-4,9-10H,5-6H2/t9-,10+/m1/s1. The lowest BCUT2D eigenvalue weighted by Gasteiger charge is -2.29. The van der Waals surface area contributed by atoms with Gasteiger partial charge in [-0.25, -0.2) is 0 Å². The van der Waals surface area contributed by atoms with Crippen LogP contribution in [0.4, 0.5) is 17.6 Å². The van der Waals surface area contributed by atoms with Crippen molar-refractivity contribution in [2.75, 3.05) is 0 Å². The summed E-state index contributed by atoms with van der Waals surface area (Å²) in [6.07, 6.45) is 0.598. The molecular formula is C12H10F4S. The van der Waals surface area contributed by atoms with Crippen LogP contribution < -0.4 is 0 Å². The zero-order valence-corrected chi connectivity index (χ0v) is 9.61. The average Bonchev–Trinajstić information content (AvgIpc) is 2.46. The number of aryl methyl sites for hydroxylation is 1. The van der Waals surface area contributed by atoms with E-state index in [1.807, 2.05) is 12.1 Å². The van der Waals surface area contributed by atoms with Gasteiger partial charge in [0.25, 0.3) is 0 Å². The first-order valence-corrected chi connectivity index (χ1v) is 6.33. The lowest BCUT2D eigenvalue weighted by Crippen LogP contribution is -2.39. The number of hydrogen-bond donors (Lipinski definition) is 0. The minimum absolute atomic E-state index is 0.118. The summed E-state index contributed by atoms with van der Waals surface area (Å²) in [5.41, 5.74) is 1.58. The van der Waals surface area contributed by atoms with Crippen molar-refractivity contribution in [1.82, 2.24) is 0 Å². The molecule has 3 rings (SSSR count). The first-order valence-electron chi connectivity index (χ1n) is 5.45. The van der Waals surface area contributed by atoms with Crippen LogP contribution in [0.15, 0.2) is 24.3 Å². The Labute approximate surface area is 100 Å². The summed E-state index contributed by atoms with van der Waals surface area (Å²) in [5, 5.41) is -4.72. The summed E-state index contributed by atoms with van der Waals surface area (Å²) < 4.78 is 53.8. The van der Waals surface area contributed by atoms with Gasteiger partial charge in [0.1, 0.15) is 0 Å². The number of alkyl halides is 4. The third-order valence-electron chi connectivity index (χ3n) is 3.58. The van der Waals surface area contributed by atoms with E-state index in [9.17, 15) is 17.6 Å². The topological polar surface area (TPSA) is 0 Å². The first-order chi connectivity index (χ1) is 7.93. The second-order valence-corrected chi connectivity index (χ2v) is 5.78. The van der Waals surface area contributed by atoms with Crippen LogP contribution in [0.3, 0.4) is 0 Å². The Balaban J connectivity index is 2.08. The number of fused-ring (bicyclic) bond motifs is 3.